The van der Waals surface area contributed by atoms with Crippen LogP contribution in [0.1, 0.15) is 26.3 Å². The smallest absolute Gasteiger partial charge is 0.247 e. The fourth-order valence-electron chi connectivity index (χ4n) is 7.13. The van der Waals surface area contributed by atoms with Gasteiger partial charge >= 0.3 is 0 Å². The highest BCUT2D eigenvalue weighted by Crippen LogP contribution is 2.44. The van der Waals surface area contributed by atoms with Crippen LogP contribution in [0.4, 0.5) is 0 Å². The van der Waals surface area contributed by atoms with E-state index in [1.54, 1.807) is 0 Å². The highest BCUT2D eigenvalue weighted by molar-refractivity contribution is 8.01. The molecule has 0 radical (unpaired) electrons. The van der Waals surface area contributed by atoms with Gasteiger partial charge in [0.25, 0.3) is 0 Å². The third-order valence-electron chi connectivity index (χ3n) is 9.07. The predicted molar refractivity (Wildman–Crippen MR) is 188 cm³/mol. The Labute approximate surface area is 266 Å². The fourth-order valence-corrected chi connectivity index (χ4v) is 9.65. The lowest BCUT2D eigenvalue weighted by atomic mass is 9.36. The molecule has 0 aliphatic carbocycles. The summed E-state index contributed by atoms with van der Waals surface area (Å²) in [5.41, 5.74) is 10.0. The van der Waals surface area contributed by atoms with Gasteiger partial charge in [0.05, 0.1) is 16.7 Å². The Bertz CT molecular complexity index is 2300. The summed E-state index contributed by atoms with van der Waals surface area (Å²) >= 11 is 3.81. The summed E-state index contributed by atoms with van der Waals surface area (Å²) in [6, 6.07) is 44.6. The number of hydrogen-bond acceptors (Lipinski definition) is 3. The highest BCUT2D eigenvalue weighted by atomic mass is 32.2. The lowest BCUT2D eigenvalue weighted by molar-refractivity contribution is 0.587. The summed E-state index contributed by atoms with van der Waals surface area (Å²) in [5.74, 6) is 0.996. The Morgan fingerprint density at radius 1 is 0.636 bits per heavy atom. The van der Waals surface area contributed by atoms with Gasteiger partial charge in [-0.05, 0) is 52.2 Å². The Kier molecular flexibility index (Phi) is 5.76. The van der Waals surface area contributed by atoms with Crippen molar-refractivity contribution in [2.75, 3.05) is 0 Å². The van der Waals surface area contributed by atoms with Crippen LogP contribution in [0.3, 0.4) is 0 Å². The Morgan fingerprint density at radius 2 is 1.34 bits per heavy atom. The molecule has 0 amide bonds. The Hall–Kier alpha value is -4.19. The molecule has 0 saturated carbocycles. The zero-order valence-corrected chi connectivity index (χ0v) is 26.5. The molecular formula is C39H29BN2S2. The largest absolute Gasteiger partial charge is 0.291 e. The van der Waals surface area contributed by atoms with Crippen LogP contribution in [-0.2, 0) is 5.41 Å². The van der Waals surface area contributed by atoms with E-state index in [1.165, 1.54) is 63.6 Å². The SMILES string of the molecule is CC(C)(C)c1ccccc1-n1c(-c2cccc3c2Sc2cccc4c2B3c2ccccc2S4)nc2ccc3ccccc3c21. The quantitative estimate of drug-likeness (QED) is 0.185. The first-order chi connectivity index (χ1) is 21.5. The molecule has 0 bridgehead atoms. The lowest BCUT2D eigenvalue weighted by Gasteiger charge is -2.33. The molecule has 2 aliphatic heterocycles. The minimum absolute atomic E-state index is 0.0429. The topological polar surface area (TPSA) is 17.8 Å². The molecule has 5 heteroatoms. The number of fused-ring (bicyclic) bond motifs is 7. The van der Waals surface area contributed by atoms with Crippen molar-refractivity contribution in [2.45, 2.75) is 45.8 Å². The first kappa shape index (κ1) is 26.2. The summed E-state index contributed by atoms with van der Waals surface area (Å²) in [6.45, 7) is 7.11. The summed E-state index contributed by atoms with van der Waals surface area (Å²) in [4.78, 5) is 10.8. The molecule has 0 N–H and O–H groups in total. The molecule has 2 aliphatic rings. The van der Waals surface area contributed by atoms with Gasteiger partial charge < -0.3 is 0 Å². The minimum atomic E-state index is -0.0429. The van der Waals surface area contributed by atoms with Crippen LogP contribution < -0.4 is 16.4 Å². The monoisotopic (exact) mass is 600 g/mol. The fraction of sp³-hybridized carbons (Fsp3) is 0.103. The number of imidazole rings is 1. The number of benzene rings is 6. The van der Waals surface area contributed by atoms with Crippen LogP contribution in [0.5, 0.6) is 0 Å². The molecular weight excluding hydrogens is 571 g/mol. The van der Waals surface area contributed by atoms with E-state index in [9.17, 15) is 0 Å². The van der Waals surface area contributed by atoms with E-state index in [4.69, 9.17) is 4.98 Å². The lowest BCUT2D eigenvalue weighted by Crippen LogP contribution is -2.58. The maximum Gasteiger partial charge on any atom is 0.247 e. The number of hydrogen-bond donors (Lipinski definition) is 0. The second kappa shape index (κ2) is 9.66. The molecule has 9 rings (SSSR count). The molecule has 2 nitrogen and oxygen atoms in total. The normalized spacial score (nSPS) is 13.6. The van der Waals surface area contributed by atoms with Crippen molar-refractivity contribution in [3.8, 4) is 17.1 Å². The van der Waals surface area contributed by atoms with Crippen LogP contribution in [0.15, 0.2) is 141 Å². The zero-order chi connectivity index (χ0) is 29.6. The summed E-state index contributed by atoms with van der Waals surface area (Å²) in [6.07, 6.45) is 0. The highest BCUT2D eigenvalue weighted by Gasteiger charge is 2.39. The molecule has 0 fully saturated rings. The molecule has 44 heavy (non-hydrogen) atoms. The standard InChI is InChI=1S/C39H29BN2S2/c1-39(2,3)27-15-6-8-18-31(27)42-36-25-13-5-4-12-24(25)22-23-30(36)41-38(42)26-14-10-17-29-37(26)44-34-21-11-20-33-35(34)40(29)28-16-7-9-19-32(28)43-33/h4-23H,1-3H3. The molecule has 7 aromatic rings. The third kappa shape index (κ3) is 3.82. The number of rotatable bonds is 2. The first-order valence-corrected chi connectivity index (χ1v) is 16.8. The predicted octanol–water partition coefficient (Wildman–Crippen LogP) is 8.59. The summed E-state index contributed by atoms with van der Waals surface area (Å²) in [7, 11) is 0. The van der Waals surface area contributed by atoms with Gasteiger partial charge in [-0.1, -0.05) is 146 Å². The third-order valence-corrected chi connectivity index (χ3v) is 11.5. The molecule has 0 unspecified atom stereocenters. The van der Waals surface area contributed by atoms with Crippen molar-refractivity contribution in [1.82, 2.24) is 9.55 Å². The van der Waals surface area contributed by atoms with Crippen LogP contribution >= 0.6 is 23.5 Å². The van der Waals surface area contributed by atoms with Crippen molar-refractivity contribution in [3.05, 3.63) is 127 Å². The molecule has 1 aromatic heterocycles. The molecule has 210 valence electrons. The Morgan fingerprint density at radius 3 is 2.23 bits per heavy atom. The number of nitrogens with zero attached hydrogens (tertiary/aromatic N) is 2. The van der Waals surface area contributed by atoms with Gasteiger partial charge in [-0.25, -0.2) is 4.98 Å². The van der Waals surface area contributed by atoms with Gasteiger partial charge in [0, 0.05) is 30.5 Å². The molecule has 0 saturated heterocycles. The van der Waals surface area contributed by atoms with Gasteiger partial charge in [-0.2, -0.15) is 0 Å². The Balaban J connectivity index is 1.38. The number of para-hydroxylation sites is 1. The maximum atomic E-state index is 5.47. The summed E-state index contributed by atoms with van der Waals surface area (Å²) in [5, 5.41) is 2.45. The van der Waals surface area contributed by atoms with Crippen molar-refractivity contribution < 1.29 is 0 Å². The van der Waals surface area contributed by atoms with Crippen LogP contribution in [0.25, 0.3) is 38.9 Å². The van der Waals surface area contributed by atoms with Gasteiger partial charge in [0.15, 0.2) is 0 Å². The van der Waals surface area contributed by atoms with Gasteiger partial charge in [-0.15, -0.1) is 0 Å². The van der Waals surface area contributed by atoms with Crippen molar-refractivity contribution in [1.29, 1.82) is 0 Å². The van der Waals surface area contributed by atoms with E-state index in [1.807, 2.05) is 23.5 Å². The van der Waals surface area contributed by atoms with Crippen molar-refractivity contribution in [3.63, 3.8) is 0 Å². The van der Waals surface area contributed by atoms with E-state index >= 15 is 0 Å². The average molecular weight is 601 g/mol. The number of aromatic nitrogens is 2. The van der Waals surface area contributed by atoms with E-state index in [-0.39, 0.29) is 12.1 Å². The first-order valence-electron chi connectivity index (χ1n) is 15.2. The second-order valence-electron chi connectivity index (χ2n) is 12.8. The van der Waals surface area contributed by atoms with Crippen LogP contribution in [-0.4, -0.2) is 16.3 Å². The van der Waals surface area contributed by atoms with Gasteiger partial charge in [-0.3, -0.25) is 4.57 Å². The average Bonchev–Trinajstić information content (AvgIpc) is 3.44. The molecule has 0 atom stereocenters. The van der Waals surface area contributed by atoms with E-state index in [0.717, 1.165) is 16.9 Å². The van der Waals surface area contributed by atoms with E-state index < -0.39 is 0 Å². The maximum absolute atomic E-state index is 5.47. The zero-order valence-electron chi connectivity index (χ0n) is 24.8. The van der Waals surface area contributed by atoms with Gasteiger partial charge in [0.2, 0.25) is 6.71 Å². The van der Waals surface area contributed by atoms with Gasteiger partial charge in [0.1, 0.15) is 5.82 Å². The molecule has 3 heterocycles. The van der Waals surface area contributed by atoms with E-state index in [0.29, 0.717) is 0 Å². The molecule has 6 aromatic carbocycles. The van der Waals surface area contributed by atoms with Crippen molar-refractivity contribution in [2.24, 2.45) is 0 Å². The van der Waals surface area contributed by atoms with Crippen LogP contribution in [0.2, 0.25) is 0 Å². The van der Waals surface area contributed by atoms with Crippen LogP contribution in [0, 0.1) is 0 Å². The second-order valence-corrected chi connectivity index (χ2v) is 14.9. The van der Waals surface area contributed by atoms with E-state index in [2.05, 4.69) is 147 Å². The minimum Gasteiger partial charge on any atom is -0.291 e. The summed E-state index contributed by atoms with van der Waals surface area (Å²) < 4.78 is 2.45. The molecule has 0 spiro atoms. The van der Waals surface area contributed by atoms with Crippen molar-refractivity contribution >= 4 is 68.4 Å².